The second-order valence-corrected chi connectivity index (χ2v) is 5.22. The number of hydrogen-bond acceptors (Lipinski definition) is 3. The highest BCUT2D eigenvalue weighted by atomic mass is 16.6. The standard InChI is InChI=1S/C18H19NO3/c20-18(22-14-17-12-7-13-21-17)19(15-8-3-1-4-9-15)16-10-5-2-6-11-16/h1-6,8-11,17H,7,12-14H2/t17-/m0/s1. The minimum atomic E-state index is -0.382. The van der Waals surface area contributed by atoms with Crippen LogP contribution >= 0.6 is 0 Å². The topological polar surface area (TPSA) is 38.8 Å². The highest BCUT2D eigenvalue weighted by molar-refractivity contribution is 5.95. The predicted octanol–water partition coefficient (Wildman–Crippen LogP) is 4.14. The largest absolute Gasteiger partial charge is 0.446 e. The van der Waals surface area contributed by atoms with Gasteiger partial charge in [-0.3, -0.25) is 0 Å². The van der Waals surface area contributed by atoms with Gasteiger partial charge in [0.2, 0.25) is 0 Å². The molecule has 1 fully saturated rings. The maximum absolute atomic E-state index is 12.5. The number of anilines is 2. The molecule has 0 radical (unpaired) electrons. The molecule has 4 nitrogen and oxygen atoms in total. The van der Waals surface area contributed by atoms with Gasteiger partial charge in [-0.1, -0.05) is 36.4 Å². The number of benzene rings is 2. The molecule has 1 atom stereocenters. The molecule has 0 unspecified atom stereocenters. The summed E-state index contributed by atoms with van der Waals surface area (Å²) in [4.78, 5) is 14.1. The smallest absolute Gasteiger partial charge is 0.419 e. The van der Waals surface area contributed by atoms with Crippen molar-refractivity contribution >= 4 is 17.5 Å². The summed E-state index contributed by atoms with van der Waals surface area (Å²) >= 11 is 0. The van der Waals surface area contributed by atoms with Crippen molar-refractivity contribution in [2.24, 2.45) is 0 Å². The van der Waals surface area contributed by atoms with E-state index < -0.39 is 0 Å². The molecule has 4 heteroatoms. The highest BCUT2D eigenvalue weighted by Crippen LogP contribution is 2.26. The summed E-state index contributed by atoms with van der Waals surface area (Å²) in [5, 5.41) is 0. The number of nitrogens with zero attached hydrogens (tertiary/aromatic N) is 1. The first kappa shape index (κ1) is 14.6. The number of carbonyl (C=O) groups excluding carboxylic acids is 1. The number of para-hydroxylation sites is 2. The van der Waals surface area contributed by atoms with Crippen LogP contribution in [-0.2, 0) is 9.47 Å². The van der Waals surface area contributed by atoms with Gasteiger partial charge in [0.25, 0.3) is 0 Å². The van der Waals surface area contributed by atoms with Crippen molar-refractivity contribution in [1.29, 1.82) is 0 Å². The van der Waals surface area contributed by atoms with Crippen LogP contribution < -0.4 is 4.90 Å². The van der Waals surface area contributed by atoms with Crippen LogP contribution in [0.25, 0.3) is 0 Å². The van der Waals surface area contributed by atoms with Gasteiger partial charge in [-0.2, -0.15) is 0 Å². The molecule has 0 bridgehead atoms. The SMILES string of the molecule is O=C(OC[C@@H]1CCCO1)N(c1ccccc1)c1ccccc1. The lowest BCUT2D eigenvalue weighted by molar-refractivity contribution is 0.0469. The van der Waals surface area contributed by atoms with Crippen LogP contribution in [0.5, 0.6) is 0 Å². The Morgan fingerprint density at radius 1 is 1.05 bits per heavy atom. The van der Waals surface area contributed by atoms with Crippen molar-refractivity contribution in [2.45, 2.75) is 18.9 Å². The molecule has 1 heterocycles. The van der Waals surface area contributed by atoms with Crippen molar-refractivity contribution in [3.63, 3.8) is 0 Å². The third-order valence-electron chi connectivity index (χ3n) is 3.63. The molecule has 0 aromatic heterocycles. The fraction of sp³-hybridized carbons (Fsp3) is 0.278. The molecule has 3 rings (SSSR count). The molecule has 114 valence electrons. The van der Waals surface area contributed by atoms with Gasteiger partial charge in [-0.15, -0.1) is 0 Å². The van der Waals surface area contributed by atoms with E-state index in [1.54, 1.807) is 4.90 Å². The van der Waals surface area contributed by atoms with Gasteiger partial charge in [0, 0.05) is 6.61 Å². The Morgan fingerprint density at radius 3 is 2.14 bits per heavy atom. The average molecular weight is 297 g/mol. The second-order valence-electron chi connectivity index (χ2n) is 5.22. The lowest BCUT2D eigenvalue weighted by atomic mass is 10.2. The van der Waals surface area contributed by atoms with E-state index in [1.165, 1.54) is 0 Å². The van der Waals surface area contributed by atoms with Crippen molar-refractivity contribution in [2.75, 3.05) is 18.1 Å². The van der Waals surface area contributed by atoms with Gasteiger partial charge >= 0.3 is 6.09 Å². The van der Waals surface area contributed by atoms with Crippen LogP contribution in [0.15, 0.2) is 60.7 Å². The van der Waals surface area contributed by atoms with Crippen LogP contribution in [0.3, 0.4) is 0 Å². The van der Waals surface area contributed by atoms with Gasteiger partial charge in [-0.25, -0.2) is 9.69 Å². The summed E-state index contributed by atoms with van der Waals surface area (Å²) in [5.41, 5.74) is 1.57. The highest BCUT2D eigenvalue weighted by Gasteiger charge is 2.22. The quantitative estimate of drug-likeness (QED) is 0.851. The van der Waals surface area contributed by atoms with E-state index >= 15 is 0 Å². The maximum Gasteiger partial charge on any atom is 0.419 e. The summed E-state index contributed by atoms with van der Waals surface area (Å²) in [6, 6.07) is 19.0. The molecular weight excluding hydrogens is 278 g/mol. The summed E-state index contributed by atoms with van der Waals surface area (Å²) in [6.45, 7) is 1.05. The molecule has 1 amide bonds. The Balaban J connectivity index is 1.77. The number of amides is 1. The molecule has 0 spiro atoms. The maximum atomic E-state index is 12.5. The van der Waals surface area contributed by atoms with Crippen LogP contribution in [-0.4, -0.2) is 25.4 Å². The molecule has 1 aliphatic rings. The normalized spacial score (nSPS) is 17.2. The number of ether oxygens (including phenoxy) is 2. The first-order valence-electron chi connectivity index (χ1n) is 7.53. The van der Waals surface area contributed by atoms with E-state index in [4.69, 9.17) is 9.47 Å². The van der Waals surface area contributed by atoms with E-state index in [9.17, 15) is 4.79 Å². The minimum absolute atomic E-state index is 0.0253. The van der Waals surface area contributed by atoms with Crippen molar-refractivity contribution < 1.29 is 14.3 Å². The van der Waals surface area contributed by atoms with E-state index in [-0.39, 0.29) is 12.2 Å². The summed E-state index contributed by atoms with van der Waals surface area (Å²) in [5.74, 6) is 0. The van der Waals surface area contributed by atoms with Gasteiger partial charge in [0.1, 0.15) is 6.61 Å². The average Bonchev–Trinajstić information content (AvgIpc) is 3.09. The molecular formula is C18H19NO3. The summed E-state index contributed by atoms with van der Waals surface area (Å²) < 4.78 is 11.0. The predicted molar refractivity (Wildman–Crippen MR) is 85.3 cm³/mol. The van der Waals surface area contributed by atoms with Crippen LogP contribution in [0.2, 0.25) is 0 Å². The number of carbonyl (C=O) groups is 1. The molecule has 1 aliphatic heterocycles. The fourth-order valence-electron chi connectivity index (χ4n) is 2.52. The van der Waals surface area contributed by atoms with Gasteiger partial charge in [0.15, 0.2) is 0 Å². The van der Waals surface area contributed by atoms with Crippen LogP contribution in [0.1, 0.15) is 12.8 Å². The fourth-order valence-corrected chi connectivity index (χ4v) is 2.52. The molecule has 0 N–H and O–H groups in total. The minimum Gasteiger partial charge on any atom is -0.446 e. The summed E-state index contributed by atoms with van der Waals surface area (Å²) in [6.07, 6.45) is 1.62. The van der Waals surface area contributed by atoms with Gasteiger partial charge < -0.3 is 9.47 Å². The van der Waals surface area contributed by atoms with Crippen molar-refractivity contribution in [3.05, 3.63) is 60.7 Å². The molecule has 0 saturated carbocycles. The Morgan fingerprint density at radius 2 is 1.64 bits per heavy atom. The Kier molecular flexibility index (Phi) is 4.71. The van der Waals surface area contributed by atoms with E-state index in [2.05, 4.69) is 0 Å². The van der Waals surface area contributed by atoms with Crippen molar-refractivity contribution in [3.8, 4) is 0 Å². The third kappa shape index (κ3) is 3.46. The zero-order valence-electron chi connectivity index (χ0n) is 12.4. The first-order valence-corrected chi connectivity index (χ1v) is 7.53. The zero-order valence-corrected chi connectivity index (χ0v) is 12.4. The van der Waals surface area contributed by atoms with Gasteiger partial charge in [-0.05, 0) is 37.1 Å². The second kappa shape index (κ2) is 7.09. The number of rotatable bonds is 4. The van der Waals surface area contributed by atoms with Gasteiger partial charge in [0.05, 0.1) is 17.5 Å². The molecule has 0 aliphatic carbocycles. The van der Waals surface area contributed by atoms with Crippen molar-refractivity contribution in [1.82, 2.24) is 0 Å². The lowest BCUT2D eigenvalue weighted by Crippen LogP contribution is -2.29. The monoisotopic (exact) mass is 297 g/mol. The van der Waals surface area contributed by atoms with E-state index in [1.807, 2.05) is 60.7 Å². The zero-order chi connectivity index (χ0) is 15.2. The number of hydrogen-bond donors (Lipinski definition) is 0. The van der Waals surface area contributed by atoms with E-state index in [0.717, 1.165) is 30.8 Å². The molecule has 1 saturated heterocycles. The summed E-state index contributed by atoms with van der Waals surface area (Å²) in [7, 11) is 0. The third-order valence-corrected chi connectivity index (χ3v) is 3.63. The first-order chi connectivity index (χ1) is 10.8. The Bertz CT molecular complexity index is 555. The Hall–Kier alpha value is -2.33. The van der Waals surface area contributed by atoms with Crippen LogP contribution in [0, 0.1) is 0 Å². The lowest BCUT2D eigenvalue weighted by Gasteiger charge is -2.23. The van der Waals surface area contributed by atoms with Crippen LogP contribution in [0.4, 0.5) is 16.2 Å². The molecule has 2 aromatic rings. The molecule has 2 aromatic carbocycles. The Labute approximate surface area is 130 Å². The molecule has 22 heavy (non-hydrogen) atoms. The van der Waals surface area contributed by atoms with E-state index in [0.29, 0.717) is 6.61 Å².